The summed E-state index contributed by atoms with van der Waals surface area (Å²) in [7, 11) is 0. The lowest BCUT2D eigenvalue weighted by Crippen LogP contribution is -2.39. The van der Waals surface area contributed by atoms with Crippen LogP contribution in [-0.2, 0) is 0 Å². The van der Waals surface area contributed by atoms with E-state index in [0.29, 0.717) is 17.9 Å². The number of anilines is 1. The molecule has 1 fully saturated rings. The summed E-state index contributed by atoms with van der Waals surface area (Å²) in [6.07, 6.45) is 7.31. The molecular weight excluding hydrogens is 420 g/mol. The van der Waals surface area contributed by atoms with Crippen molar-refractivity contribution < 1.29 is 9.59 Å². The van der Waals surface area contributed by atoms with Crippen molar-refractivity contribution in [3.05, 3.63) is 84.3 Å². The molecule has 10 heteroatoms. The van der Waals surface area contributed by atoms with Gasteiger partial charge in [0, 0.05) is 25.0 Å². The summed E-state index contributed by atoms with van der Waals surface area (Å²) < 4.78 is 1.59. The number of para-hydroxylation sites is 1. The van der Waals surface area contributed by atoms with Crippen molar-refractivity contribution in [2.45, 2.75) is 25.3 Å². The van der Waals surface area contributed by atoms with Gasteiger partial charge in [-0.05, 0) is 43.5 Å². The Morgan fingerprint density at radius 3 is 2.79 bits per heavy atom. The predicted molar refractivity (Wildman–Crippen MR) is 120 cm³/mol. The molecule has 1 aliphatic heterocycles. The number of aromatic nitrogens is 6. The fourth-order valence-electron chi connectivity index (χ4n) is 3.95. The maximum Gasteiger partial charge on any atom is 0.294 e. The number of likely N-dealkylation sites (tertiary alicyclic amines) is 1. The number of amides is 2. The number of carbonyl (C=O) groups is 2. The zero-order valence-electron chi connectivity index (χ0n) is 17.8. The first kappa shape index (κ1) is 20.6. The number of aromatic amines is 1. The van der Waals surface area contributed by atoms with Gasteiger partial charge in [0.05, 0.1) is 23.0 Å². The molecule has 0 bridgehead atoms. The molecule has 166 valence electrons. The van der Waals surface area contributed by atoms with Gasteiger partial charge in [-0.25, -0.2) is 9.67 Å². The number of hydrogen-bond acceptors (Lipinski definition) is 6. The zero-order chi connectivity index (χ0) is 22.6. The second-order valence-electron chi connectivity index (χ2n) is 7.76. The first-order valence-electron chi connectivity index (χ1n) is 10.7. The number of pyridine rings is 1. The standard InChI is InChI=1S/C23H22N8O2/c32-22(16-7-6-11-24-14-16)26-20-13-18(27-28-20)19-10-4-5-12-30(19)23(33)21-25-15-31(29-21)17-8-2-1-3-9-17/h1-3,6-9,11,13-15,19H,4-5,10,12H2,(H2,26,27,28,32). The maximum absolute atomic E-state index is 13.3. The molecule has 1 aliphatic rings. The van der Waals surface area contributed by atoms with Gasteiger partial charge >= 0.3 is 0 Å². The van der Waals surface area contributed by atoms with Gasteiger partial charge in [0.25, 0.3) is 11.8 Å². The van der Waals surface area contributed by atoms with Crippen LogP contribution in [0.3, 0.4) is 0 Å². The van der Waals surface area contributed by atoms with Crippen molar-refractivity contribution in [1.29, 1.82) is 0 Å². The van der Waals surface area contributed by atoms with Crippen molar-refractivity contribution in [3.63, 3.8) is 0 Å². The van der Waals surface area contributed by atoms with Gasteiger partial charge in [-0.3, -0.25) is 19.7 Å². The molecule has 10 nitrogen and oxygen atoms in total. The summed E-state index contributed by atoms with van der Waals surface area (Å²) in [4.78, 5) is 35.6. The highest BCUT2D eigenvalue weighted by atomic mass is 16.2. The minimum absolute atomic E-state index is 0.148. The Balaban J connectivity index is 1.33. The molecule has 4 aromatic rings. The molecule has 2 amide bonds. The number of nitrogens with zero attached hydrogens (tertiary/aromatic N) is 6. The molecule has 5 rings (SSSR count). The molecule has 1 atom stereocenters. The van der Waals surface area contributed by atoms with E-state index in [2.05, 4.69) is 30.6 Å². The van der Waals surface area contributed by atoms with E-state index in [0.717, 1.165) is 30.6 Å². The van der Waals surface area contributed by atoms with Gasteiger partial charge in [-0.2, -0.15) is 5.10 Å². The third kappa shape index (κ3) is 4.36. The minimum atomic E-state index is -0.298. The van der Waals surface area contributed by atoms with E-state index in [1.807, 2.05) is 30.3 Å². The molecule has 0 saturated carbocycles. The zero-order valence-corrected chi connectivity index (χ0v) is 17.8. The van der Waals surface area contributed by atoms with Gasteiger partial charge in [0.2, 0.25) is 5.82 Å². The van der Waals surface area contributed by atoms with Gasteiger partial charge in [-0.15, -0.1) is 5.10 Å². The van der Waals surface area contributed by atoms with E-state index in [4.69, 9.17) is 0 Å². The summed E-state index contributed by atoms with van der Waals surface area (Å²) in [6.45, 7) is 0.597. The lowest BCUT2D eigenvalue weighted by atomic mass is 9.99. The van der Waals surface area contributed by atoms with Gasteiger partial charge in [0.15, 0.2) is 5.82 Å². The average Bonchev–Trinajstić information content (AvgIpc) is 3.55. The highest BCUT2D eigenvalue weighted by molar-refractivity contribution is 6.03. The van der Waals surface area contributed by atoms with Crippen LogP contribution in [-0.4, -0.2) is 53.2 Å². The Labute approximate surface area is 189 Å². The molecule has 33 heavy (non-hydrogen) atoms. The number of rotatable bonds is 5. The van der Waals surface area contributed by atoms with Crippen LogP contribution in [0.1, 0.15) is 52.0 Å². The summed E-state index contributed by atoms with van der Waals surface area (Å²) in [5.74, 6) is 0.0111. The number of hydrogen-bond donors (Lipinski definition) is 2. The highest BCUT2D eigenvalue weighted by Gasteiger charge is 2.32. The SMILES string of the molecule is O=C(Nc1cc(C2CCCCN2C(=O)c2ncn(-c3ccccc3)n2)[nH]n1)c1cccnc1. The van der Waals surface area contributed by atoms with Crippen LogP contribution in [0.25, 0.3) is 5.69 Å². The van der Waals surface area contributed by atoms with E-state index in [1.54, 1.807) is 40.3 Å². The minimum Gasteiger partial charge on any atom is -0.327 e. The summed E-state index contributed by atoms with van der Waals surface area (Å²) in [5, 5.41) is 14.3. The van der Waals surface area contributed by atoms with Crippen LogP contribution in [0.4, 0.5) is 5.82 Å². The van der Waals surface area contributed by atoms with E-state index in [-0.39, 0.29) is 23.7 Å². The third-order valence-electron chi connectivity index (χ3n) is 5.59. The van der Waals surface area contributed by atoms with Crippen LogP contribution >= 0.6 is 0 Å². The lowest BCUT2D eigenvalue weighted by molar-refractivity contribution is 0.0593. The molecular formula is C23H22N8O2. The largest absolute Gasteiger partial charge is 0.327 e. The first-order valence-corrected chi connectivity index (χ1v) is 10.7. The molecule has 1 unspecified atom stereocenters. The highest BCUT2D eigenvalue weighted by Crippen LogP contribution is 2.31. The monoisotopic (exact) mass is 442 g/mol. The van der Waals surface area contributed by atoms with Crippen molar-refractivity contribution >= 4 is 17.6 Å². The second kappa shape index (κ2) is 9.03. The number of benzene rings is 1. The van der Waals surface area contributed by atoms with Crippen LogP contribution in [0.2, 0.25) is 0 Å². The van der Waals surface area contributed by atoms with E-state index >= 15 is 0 Å². The van der Waals surface area contributed by atoms with Crippen LogP contribution < -0.4 is 5.32 Å². The fourth-order valence-corrected chi connectivity index (χ4v) is 3.95. The Kier molecular flexibility index (Phi) is 5.62. The number of carbonyl (C=O) groups excluding carboxylic acids is 2. The van der Waals surface area contributed by atoms with Gasteiger partial charge in [-0.1, -0.05) is 18.2 Å². The van der Waals surface area contributed by atoms with E-state index < -0.39 is 0 Å². The Morgan fingerprint density at radius 1 is 1.09 bits per heavy atom. The number of piperidine rings is 1. The molecule has 3 aromatic heterocycles. The van der Waals surface area contributed by atoms with Crippen molar-refractivity contribution in [1.82, 2.24) is 34.8 Å². The topological polar surface area (TPSA) is 122 Å². The van der Waals surface area contributed by atoms with Crippen LogP contribution in [0.5, 0.6) is 0 Å². The molecule has 1 aromatic carbocycles. The van der Waals surface area contributed by atoms with Gasteiger partial charge < -0.3 is 10.2 Å². The number of nitrogens with one attached hydrogen (secondary N) is 2. The van der Waals surface area contributed by atoms with Crippen LogP contribution in [0, 0.1) is 0 Å². The molecule has 4 heterocycles. The fraction of sp³-hybridized carbons (Fsp3) is 0.217. The quantitative estimate of drug-likeness (QED) is 0.490. The van der Waals surface area contributed by atoms with E-state index in [9.17, 15) is 9.59 Å². The van der Waals surface area contributed by atoms with Crippen molar-refractivity contribution in [3.8, 4) is 5.69 Å². The lowest BCUT2D eigenvalue weighted by Gasteiger charge is -2.34. The Hall–Kier alpha value is -4.34. The molecule has 0 radical (unpaired) electrons. The summed E-state index contributed by atoms with van der Waals surface area (Å²) >= 11 is 0. The molecule has 0 aliphatic carbocycles. The molecule has 0 spiro atoms. The summed E-state index contributed by atoms with van der Waals surface area (Å²) in [5.41, 5.74) is 2.03. The van der Waals surface area contributed by atoms with Crippen molar-refractivity contribution in [2.75, 3.05) is 11.9 Å². The molecule has 1 saturated heterocycles. The average molecular weight is 442 g/mol. The Morgan fingerprint density at radius 2 is 1.97 bits per heavy atom. The van der Waals surface area contributed by atoms with Crippen LogP contribution in [0.15, 0.2) is 67.3 Å². The van der Waals surface area contributed by atoms with Gasteiger partial charge in [0.1, 0.15) is 6.33 Å². The molecule has 2 N–H and O–H groups in total. The second-order valence-corrected chi connectivity index (χ2v) is 7.76. The number of H-pyrrole nitrogens is 1. The first-order chi connectivity index (χ1) is 16.2. The third-order valence-corrected chi connectivity index (χ3v) is 5.59. The predicted octanol–water partition coefficient (Wildman–Crippen LogP) is 3.01. The normalized spacial score (nSPS) is 15.9. The summed E-state index contributed by atoms with van der Waals surface area (Å²) in [6, 6.07) is 14.5. The van der Waals surface area contributed by atoms with E-state index in [1.165, 1.54) is 6.20 Å². The maximum atomic E-state index is 13.3. The Bertz CT molecular complexity index is 1250. The smallest absolute Gasteiger partial charge is 0.294 e. The van der Waals surface area contributed by atoms with Crippen molar-refractivity contribution in [2.24, 2.45) is 0 Å².